The lowest BCUT2D eigenvalue weighted by Crippen LogP contribution is -2.17. The van der Waals surface area contributed by atoms with Gasteiger partial charge in [0, 0.05) is 13.1 Å². The number of fused-ring (bicyclic) bond motifs is 1. The van der Waals surface area contributed by atoms with E-state index in [1.54, 1.807) is 31.4 Å². The molecule has 0 saturated heterocycles. The summed E-state index contributed by atoms with van der Waals surface area (Å²) in [6.45, 7) is 1.76. The first-order chi connectivity index (χ1) is 12.0. The zero-order valence-corrected chi connectivity index (χ0v) is 15.0. The monoisotopic (exact) mass is 371 g/mol. The van der Waals surface area contributed by atoms with Crippen molar-refractivity contribution < 1.29 is 4.79 Å². The topological polar surface area (TPSA) is 92.7 Å². The van der Waals surface area contributed by atoms with E-state index in [9.17, 15) is 9.59 Å². The number of aryl methyl sites for hydroxylation is 2. The number of hydrogen-bond donors (Lipinski definition) is 2. The molecule has 0 unspecified atom stereocenters. The Bertz CT molecular complexity index is 1140. The Balaban J connectivity index is 1.66. The molecule has 4 rings (SSSR count). The molecule has 126 valence electrons. The second-order valence-electron chi connectivity index (χ2n) is 5.50. The van der Waals surface area contributed by atoms with Crippen LogP contribution in [-0.4, -0.2) is 25.7 Å². The number of carbonyl (C=O) groups excluding carboxylic acids is 1. The quantitative estimate of drug-likeness (QED) is 0.579. The molecule has 0 saturated carbocycles. The number of hydrogen-bond acceptors (Lipinski definition) is 6. The molecule has 4 aromatic heterocycles. The number of carbonyl (C=O) groups is 1. The number of rotatable bonds is 3. The molecule has 0 aliphatic heterocycles. The molecular formula is C16H13N5O2S2. The van der Waals surface area contributed by atoms with Gasteiger partial charge in [0.2, 0.25) is 0 Å². The molecule has 0 aliphatic rings. The SMILES string of the molecule is Cc1c(C(=O)Nc2cc(-c3cccs3)[nH]n2)sc2ncn(C)c(=O)c12. The predicted molar refractivity (Wildman–Crippen MR) is 99.5 cm³/mol. The van der Waals surface area contributed by atoms with Crippen molar-refractivity contribution in [3.05, 3.63) is 50.7 Å². The molecule has 0 atom stereocenters. The van der Waals surface area contributed by atoms with E-state index < -0.39 is 0 Å². The highest BCUT2D eigenvalue weighted by Crippen LogP contribution is 2.28. The third-order valence-corrected chi connectivity index (χ3v) is 5.92. The van der Waals surface area contributed by atoms with E-state index in [0.717, 1.165) is 10.6 Å². The molecular weight excluding hydrogens is 358 g/mol. The summed E-state index contributed by atoms with van der Waals surface area (Å²) in [6.07, 6.45) is 1.46. The number of nitrogens with one attached hydrogen (secondary N) is 2. The number of aromatic amines is 1. The van der Waals surface area contributed by atoms with Gasteiger partial charge in [-0.05, 0) is 23.9 Å². The van der Waals surface area contributed by atoms with Crippen molar-refractivity contribution in [3.8, 4) is 10.6 Å². The van der Waals surface area contributed by atoms with Gasteiger partial charge < -0.3 is 9.88 Å². The standard InChI is InChI=1S/C16H13N5O2S2/c1-8-12-15(17-7-21(2)16(12)23)25-13(8)14(22)18-11-6-9(19-20-11)10-4-3-5-24-10/h3-7H,1-2H3,(H2,18,19,20,22). The Hall–Kier alpha value is -2.78. The maximum Gasteiger partial charge on any atom is 0.267 e. The highest BCUT2D eigenvalue weighted by atomic mass is 32.1. The maximum absolute atomic E-state index is 12.6. The van der Waals surface area contributed by atoms with Gasteiger partial charge in [-0.3, -0.25) is 14.7 Å². The molecule has 9 heteroatoms. The van der Waals surface area contributed by atoms with Crippen LogP contribution in [0.4, 0.5) is 5.82 Å². The van der Waals surface area contributed by atoms with E-state index >= 15 is 0 Å². The van der Waals surface area contributed by atoms with E-state index in [-0.39, 0.29) is 11.5 Å². The van der Waals surface area contributed by atoms with Crippen LogP contribution in [0.5, 0.6) is 0 Å². The van der Waals surface area contributed by atoms with Crippen LogP contribution in [0.25, 0.3) is 20.8 Å². The average Bonchev–Trinajstić information content (AvgIpc) is 3.30. The number of aromatic nitrogens is 4. The zero-order chi connectivity index (χ0) is 17.6. The van der Waals surface area contributed by atoms with Gasteiger partial charge in [0.05, 0.1) is 27.2 Å². The molecule has 0 spiro atoms. The lowest BCUT2D eigenvalue weighted by molar-refractivity contribution is 0.102. The van der Waals surface area contributed by atoms with E-state index in [1.807, 2.05) is 17.5 Å². The Kier molecular flexibility index (Phi) is 3.74. The largest absolute Gasteiger partial charge is 0.304 e. The molecule has 25 heavy (non-hydrogen) atoms. The summed E-state index contributed by atoms with van der Waals surface area (Å²) in [4.78, 5) is 31.2. The van der Waals surface area contributed by atoms with Crippen LogP contribution < -0.4 is 10.9 Å². The van der Waals surface area contributed by atoms with Crippen molar-refractivity contribution >= 4 is 44.6 Å². The lowest BCUT2D eigenvalue weighted by Gasteiger charge is -2.00. The summed E-state index contributed by atoms with van der Waals surface area (Å²) in [5.74, 6) is 0.137. The first-order valence-electron chi connectivity index (χ1n) is 7.40. The molecule has 0 aliphatic carbocycles. The predicted octanol–water partition coefficient (Wildman–Crippen LogP) is 3.01. The van der Waals surface area contributed by atoms with Crippen LogP contribution in [0.1, 0.15) is 15.2 Å². The van der Waals surface area contributed by atoms with Crippen LogP contribution in [-0.2, 0) is 7.05 Å². The van der Waals surface area contributed by atoms with Gasteiger partial charge in [-0.1, -0.05) is 6.07 Å². The summed E-state index contributed by atoms with van der Waals surface area (Å²) in [5, 5.41) is 12.3. The Morgan fingerprint density at radius 1 is 1.40 bits per heavy atom. The first kappa shape index (κ1) is 15.7. The van der Waals surface area contributed by atoms with Crippen LogP contribution >= 0.6 is 22.7 Å². The van der Waals surface area contributed by atoms with Gasteiger partial charge in [-0.2, -0.15) is 5.10 Å². The van der Waals surface area contributed by atoms with Crippen molar-refractivity contribution in [3.63, 3.8) is 0 Å². The van der Waals surface area contributed by atoms with Crippen LogP contribution in [0.15, 0.2) is 34.7 Å². The van der Waals surface area contributed by atoms with Gasteiger partial charge in [-0.25, -0.2) is 4.98 Å². The van der Waals surface area contributed by atoms with Crippen LogP contribution in [0.3, 0.4) is 0 Å². The fourth-order valence-corrected chi connectivity index (χ4v) is 4.27. The summed E-state index contributed by atoms with van der Waals surface area (Å²) < 4.78 is 1.41. The smallest absolute Gasteiger partial charge is 0.267 e. The van der Waals surface area contributed by atoms with Gasteiger partial charge >= 0.3 is 0 Å². The molecule has 0 bridgehead atoms. The molecule has 0 fully saturated rings. The van der Waals surface area contributed by atoms with Crippen molar-refractivity contribution in [2.75, 3.05) is 5.32 Å². The molecule has 4 heterocycles. The van der Waals surface area contributed by atoms with E-state index in [1.165, 1.54) is 22.2 Å². The maximum atomic E-state index is 12.6. The fraction of sp³-hybridized carbons (Fsp3) is 0.125. The minimum Gasteiger partial charge on any atom is -0.304 e. The molecule has 2 N–H and O–H groups in total. The molecule has 0 aromatic carbocycles. The molecule has 1 amide bonds. The summed E-state index contributed by atoms with van der Waals surface area (Å²) >= 11 is 2.79. The van der Waals surface area contributed by atoms with Crippen molar-refractivity contribution in [1.82, 2.24) is 19.7 Å². The highest BCUT2D eigenvalue weighted by Gasteiger charge is 2.20. The summed E-state index contributed by atoms with van der Waals surface area (Å²) in [6, 6.07) is 5.71. The van der Waals surface area contributed by atoms with Crippen molar-refractivity contribution in [2.24, 2.45) is 7.05 Å². The Morgan fingerprint density at radius 2 is 2.24 bits per heavy atom. The van der Waals surface area contributed by atoms with E-state index in [2.05, 4.69) is 20.5 Å². The van der Waals surface area contributed by atoms with Crippen LogP contribution in [0, 0.1) is 6.92 Å². The molecule has 4 aromatic rings. The Labute approximate surface area is 150 Å². The van der Waals surface area contributed by atoms with E-state index in [0.29, 0.717) is 26.5 Å². The van der Waals surface area contributed by atoms with Crippen molar-refractivity contribution in [1.29, 1.82) is 0 Å². The normalized spacial score (nSPS) is 11.1. The van der Waals surface area contributed by atoms with Gasteiger partial charge in [-0.15, -0.1) is 22.7 Å². The number of amides is 1. The fourth-order valence-electron chi connectivity index (χ4n) is 2.54. The van der Waals surface area contributed by atoms with Crippen LogP contribution in [0.2, 0.25) is 0 Å². The van der Waals surface area contributed by atoms with Gasteiger partial charge in [0.15, 0.2) is 5.82 Å². The third-order valence-electron chi connectivity index (χ3n) is 3.82. The van der Waals surface area contributed by atoms with Gasteiger partial charge in [0.25, 0.3) is 11.5 Å². The van der Waals surface area contributed by atoms with E-state index in [4.69, 9.17) is 0 Å². The second kappa shape index (κ2) is 5.94. The minimum atomic E-state index is -0.299. The number of H-pyrrole nitrogens is 1. The average molecular weight is 371 g/mol. The summed E-state index contributed by atoms with van der Waals surface area (Å²) in [7, 11) is 1.64. The number of thiophene rings is 2. The number of anilines is 1. The minimum absolute atomic E-state index is 0.155. The van der Waals surface area contributed by atoms with Crippen molar-refractivity contribution in [2.45, 2.75) is 6.92 Å². The number of nitrogens with zero attached hydrogens (tertiary/aromatic N) is 3. The zero-order valence-electron chi connectivity index (χ0n) is 13.4. The Morgan fingerprint density at radius 3 is 3.00 bits per heavy atom. The first-order valence-corrected chi connectivity index (χ1v) is 9.09. The highest BCUT2D eigenvalue weighted by molar-refractivity contribution is 7.20. The summed E-state index contributed by atoms with van der Waals surface area (Å²) in [5.41, 5.74) is 1.33. The lowest BCUT2D eigenvalue weighted by atomic mass is 10.2. The third kappa shape index (κ3) is 2.67. The van der Waals surface area contributed by atoms with Gasteiger partial charge in [0.1, 0.15) is 4.83 Å². The molecule has 7 nitrogen and oxygen atoms in total. The second-order valence-corrected chi connectivity index (χ2v) is 7.44. The molecule has 0 radical (unpaired) electrons.